The second-order valence-corrected chi connectivity index (χ2v) is 9.79. The van der Waals surface area contributed by atoms with Gasteiger partial charge in [0.05, 0.1) is 18.9 Å². The van der Waals surface area contributed by atoms with Gasteiger partial charge in [0.2, 0.25) is 10.0 Å². The molecule has 1 fully saturated rings. The number of rotatable bonds is 6. The van der Waals surface area contributed by atoms with Crippen LogP contribution in [-0.4, -0.2) is 46.8 Å². The maximum atomic E-state index is 13.8. The van der Waals surface area contributed by atoms with Gasteiger partial charge in [-0.1, -0.05) is 0 Å². The second kappa shape index (κ2) is 6.50. The van der Waals surface area contributed by atoms with Crippen molar-refractivity contribution in [3.63, 3.8) is 0 Å². The van der Waals surface area contributed by atoms with E-state index in [1.165, 1.54) is 28.6 Å². The van der Waals surface area contributed by atoms with Gasteiger partial charge in [-0.15, -0.1) is 0 Å². The first kappa shape index (κ1) is 19.3. The van der Waals surface area contributed by atoms with Crippen molar-refractivity contribution in [3.05, 3.63) is 48.0 Å². The molecule has 28 heavy (non-hydrogen) atoms. The molecule has 0 bridgehead atoms. The minimum absolute atomic E-state index is 0.0289. The van der Waals surface area contributed by atoms with Crippen LogP contribution in [0.3, 0.4) is 0 Å². The highest BCUT2D eigenvalue weighted by Crippen LogP contribution is 2.42. The van der Waals surface area contributed by atoms with Crippen LogP contribution in [0.25, 0.3) is 21.8 Å². The van der Waals surface area contributed by atoms with Crippen molar-refractivity contribution in [1.82, 2.24) is 8.87 Å². The average molecular weight is 408 g/mol. The summed E-state index contributed by atoms with van der Waals surface area (Å²) in [7, 11) is -3.47. The molecule has 1 aliphatic carbocycles. The van der Waals surface area contributed by atoms with E-state index in [9.17, 15) is 22.3 Å². The number of sulfonamides is 1. The highest BCUT2D eigenvalue weighted by atomic mass is 32.2. The number of benzene rings is 2. The Morgan fingerprint density at radius 2 is 1.61 bits per heavy atom. The van der Waals surface area contributed by atoms with Gasteiger partial charge in [0.15, 0.2) is 0 Å². The number of halogens is 2. The Hall–Kier alpha value is -2.03. The topological polar surface area (TPSA) is 62.5 Å². The smallest absolute Gasteiger partial charge is 0.211 e. The predicted molar refractivity (Wildman–Crippen MR) is 105 cm³/mol. The number of hydrogen-bond acceptors (Lipinski definition) is 3. The van der Waals surface area contributed by atoms with Crippen LogP contribution in [0, 0.1) is 11.6 Å². The fraction of sp³-hybridized carbons (Fsp3) is 0.400. The molecule has 1 unspecified atom stereocenters. The van der Waals surface area contributed by atoms with Gasteiger partial charge in [-0.3, -0.25) is 0 Å². The monoisotopic (exact) mass is 408 g/mol. The van der Waals surface area contributed by atoms with Crippen LogP contribution in [0.15, 0.2) is 36.4 Å². The lowest BCUT2D eigenvalue weighted by atomic mass is 10.1. The lowest BCUT2D eigenvalue weighted by Gasteiger charge is -2.29. The van der Waals surface area contributed by atoms with Gasteiger partial charge in [-0.2, -0.15) is 4.31 Å². The van der Waals surface area contributed by atoms with Crippen molar-refractivity contribution in [2.45, 2.75) is 38.0 Å². The summed E-state index contributed by atoms with van der Waals surface area (Å²) in [6, 6.07) is 8.49. The Morgan fingerprint density at radius 1 is 1.11 bits per heavy atom. The van der Waals surface area contributed by atoms with Gasteiger partial charge in [0.1, 0.15) is 11.6 Å². The third kappa shape index (κ3) is 3.40. The van der Waals surface area contributed by atoms with Crippen molar-refractivity contribution < 1.29 is 22.3 Å². The van der Waals surface area contributed by atoms with E-state index < -0.39 is 33.3 Å². The third-order valence-electron chi connectivity index (χ3n) is 5.53. The zero-order valence-corrected chi connectivity index (χ0v) is 16.5. The van der Waals surface area contributed by atoms with E-state index in [4.69, 9.17) is 0 Å². The van der Waals surface area contributed by atoms with E-state index in [0.29, 0.717) is 21.8 Å². The molecule has 5 nitrogen and oxygen atoms in total. The molecule has 1 aromatic heterocycles. The molecular formula is C20H22F2N2O3S. The first-order chi connectivity index (χ1) is 13.1. The van der Waals surface area contributed by atoms with Gasteiger partial charge in [-0.25, -0.2) is 17.2 Å². The summed E-state index contributed by atoms with van der Waals surface area (Å²) in [4.78, 5) is 0. The largest absolute Gasteiger partial charge is 0.390 e. The number of aliphatic hydroxyl groups is 1. The Balaban J connectivity index is 1.72. The molecule has 8 heteroatoms. The molecule has 0 amide bonds. The van der Waals surface area contributed by atoms with E-state index in [2.05, 4.69) is 0 Å². The molecular weight excluding hydrogens is 386 g/mol. The fourth-order valence-electron chi connectivity index (χ4n) is 3.89. The Morgan fingerprint density at radius 3 is 2.04 bits per heavy atom. The minimum Gasteiger partial charge on any atom is -0.390 e. The van der Waals surface area contributed by atoms with Crippen LogP contribution >= 0.6 is 0 Å². The first-order valence-electron chi connectivity index (χ1n) is 9.11. The van der Waals surface area contributed by atoms with Crippen molar-refractivity contribution >= 4 is 31.8 Å². The lowest BCUT2D eigenvalue weighted by molar-refractivity contribution is 0.116. The quantitative estimate of drug-likeness (QED) is 0.681. The summed E-state index contributed by atoms with van der Waals surface area (Å²) in [5, 5.41) is 11.8. The molecule has 0 saturated heterocycles. The fourth-order valence-corrected chi connectivity index (χ4v) is 5.32. The molecule has 1 atom stereocenters. The van der Waals surface area contributed by atoms with E-state index >= 15 is 0 Å². The van der Waals surface area contributed by atoms with Gasteiger partial charge >= 0.3 is 0 Å². The molecule has 0 aliphatic heterocycles. The van der Waals surface area contributed by atoms with Gasteiger partial charge < -0.3 is 9.67 Å². The first-order valence-corrected chi connectivity index (χ1v) is 11.0. The molecule has 1 aliphatic rings. The second-order valence-electron chi connectivity index (χ2n) is 7.88. The van der Waals surface area contributed by atoms with Crippen LogP contribution in [0.4, 0.5) is 8.78 Å². The summed E-state index contributed by atoms with van der Waals surface area (Å²) < 4.78 is 55.0. The van der Waals surface area contributed by atoms with Crippen LogP contribution in [-0.2, 0) is 16.6 Å². The Kier molecular flexibility index (Phi) is 4.48. The maximum absolute atomic E-state index is 13.8. The van der Waals surface area contributed by atoms with Crippen molar-refractivity contribution in [3.8, 4) is 0 Å². The molecule has 3 aromatic rings. The summed E-state index contributed by atoms with van der Waals surface area (Å²) in [6.45, 7) is 1.95. The standard InChI is InChI=1S/C20H22F2N2O3S/c1-20(7-8-20)24(28(2,26)27)12-15(25)11-23-18-5-3-13(21)9-16(18)17-10-14(22)4-6-19(17)23/h3-6,9-10,15,25H,7-8,11-12H2,1-2H3. The van der Waals surface area contributed by atoms with Crippen LogP contribution in [0.2, 0.25) is 0 Å². The SMILES string of the molecule is CC1(N(CC(O)Cn2c3ccc(F)cc3c3cc(F)ccc32)S(C)(=O)=O)CC1. The van der Waals surface area contributed by atoms with Gasteiger partial charge in [0.25, 0.3) is 0 Å². The number of hydrogen-bond donors (Lipinski definition) is 1. The molecule has 2 aromatic carbocycles. The van der Waals surface area contributed by atoms with E-state index in [1.54, 1.807) is 16.7 Å². The number of nitrogens with zero attached hydrogens (tertiary/aromatic N) is 2. The van der Waals surface area contributed by atoms with Crippen molar-refractivity contribution in [2.75, 3.05) is 12.8 Å². The maximum Gasteiger partial charge on any atom is 0.211 e. The highest BCUT2D eigenvalue weighted by molar-refractivity contribution is 7.88. The molecule has 1 saturated carbocycles. The molecule has 1 heterocycles. The molecule has 4 rings (SSSR count). The van der Waals surface area contributed by atoms with Crippen molar-refractivity contribution in [1.29, 1.82) is 0 Å². The number of fused-ring (bicyclic) bond motifs is 3. The van der Waals surface area contributed by atoms with Gasteiger partial charge in [-0.05, 0) is 56.2 Å². The summed E-state index contributed by atoms with van der Waals surface area (Å²) in [6.07, 6.45) is 1.71. The predicted octanol–water partition coefficient (Wildman–Crippen LogP) is 3.25. The van der Waals surface area contributed by atoms with Crippen LogP contribution < -0.4 is 0 Å². The zero-order valence-electron chi connectivity index (χ0n) is 15.7. The summed E-state index contributed by atoms with van der Waals surface area (Å²) >= 11 is 0. The van der Waals surface area contributed by atoms with E-state index in [-0.39, 0.29) is 13.1 Å². The summed E-state index contributed by atoms with van der Waals surface area (Å²) in [5.74, 6) is -0.859. The zero-order chi connectivity index (χ0) is 20.3. The number of β-amino-alcohol motifs (C(OH)–C–C–N with tert-alkyl or cyclic N) is 1. The van der Waals surface area contributed by atoms with Crippen molar-refractivity contribution in [2.24, 2.45) is 0 Å². The van der Waals surface area contributed by atoms with E-state index in [0.717, 1.165) is 19.1 Å². The molecule has 0 radical (unpaired) electrons. The Bertz CT molecular complexity index is 1110. The minimum atomic E-state index is -3.47. The lowest BCUT2D eigenvalue weighted by Crippen LogP contribution is -2.45. The highest BCUT2D eigenvalue weighted by Gasteiger charge is 2.48. The molecule has 0 spiro atoms. The van der Waals surface area contributed by atoms with E-state index in [1.807, 2.05) is 6.92 Å². The number of aromatic nitrogens is 1. The normalized spacial score (nSPS) is 17.5. The van der Waals surface area contributed by atoms with Gasteiger partial charge in [0, 0.05) is 33.9 Å². The van der Waals surface area contributed by atoms with Crippen LogP contribution in [0.1, 0.15) is 19.8 Å². The third-order valence-corrected chi connectivity index (χ3v) is 6.93. The molecule has 150 valence electrons. The Labute approximate surface area is 162 Å². The number of aliphatic hydroxyl groups excluding tert-OH is 1. The van der Waals surface area contributed by atoms with Crippen LogP contribution in [0.5, 0.6) is 0 Å². The average Bonchev–Trinajstić information content (AvgIpc) is 3.28. The molecule has 1 N–H and O–H groups in total. The summed E-state index contributed by atoms with van der Waals surface area (Å²) in [5.41, 5.74) is 0.871.